The van der Waals surface area contributed by atoms with Crippen LogP contribution in [-0.4, -0.2) is 24.4 Å². The molecule has 0 aliphatic carbocycles. The molecule has 0 aliphatic rings. The number of hydrogen-bond donors (Lipinski definition) is 0. The second-order valence-electron chi connectivity index (χ2n) is 2.80. The highest BCUT2D eigenvalue weighted by Crippen LogP contribution is 1.92. The predicted molar refractivity (Wildman–Crippen MR) is 56.1 cm³/mol. The van der Waals surface area contributed by atoms with Crippen molar-refractivity contribution in [2.24, 2.45) is 0 Å². The van der Waals surface area contributed by atoms with E-state index in [-0.39, 0.29) is 0 Å². The van der Waals surface area contributed by atoms with E-state index in [1.807, 2.05) is 18.2 Å². The minimum atomic E-state index is -0.435. The molecular formula is C10H14ClNO. The third-order valence-corrected chi connectivity index (χ3v) is 1.63. The van der Waals surface area contributed by atoms with E-state index in [1.54, 1.807) is 14.1 Å². The van der Waals surface area contributed by atoms with E-state index < -0.39 is 5.37 Å². The van der Waals surface area contributed by atoms with Crippen LogP contribution >= 0.6 is 11.6 Å². The molecule has 0 atom stereocenters. The Morgan fingerprint density at radius 3 is 1.77 bits per heavy atom. The number of aryl methyl sites for hydroxylation is 1. The number of hydrogen-bond acceptors (Lipinski definition) is 1. The Morgan fingerprint density at radius 1 is 1.23 bits per heavy atom. The normalized spacial score (nSPS) is 8.31. The molecular weight excluding hydrogens is 186 g/mol. The van der Waals surface area contributed by atoms with Gasteiger partial charge in [-0.15, -0.1) is 0 Å². The molecule has 13 heavy (non-hydrogen) atoms. The fourth-order valence-corrected chi connectivity index (χ4v) is 0.534. The smallest absolute Gasteiger partial charge is 0.315 e. The molecule has 0 aromatic heterocycles. The van der Waals surface area contributed by atoms with E-state index in [9.17, 15) is 4.79 Å². The Hall–Kier alpha value is -1.02. The van der Waals surface area contributed by atoms with Crippen LogP contribution in [0.5, 0.6) is 0 Å². The third-order valence-electron chi connectivity index (χ3n) is 1.29. The summed E-state index contributed by atoms with van der Waals surface area (Å²) < 4.78 is 0. The van der Waals surface area contributed by atoms with Crippen LogP contribution in [0, 0.1) is 6.92 Å². The van der Waals surface area contributed by atoms with E-state index in [0.717, 1.165) is 0 Å². The lowest BCUT2D eigenvalue weighted by Gasteiger charge is -1.99. The summed E-state index contributed by atoms with van der Waals surface area (Å²) in [5.74, 6) is 0. The minimum Gasteiger partial charge on any atom is -0.335 e. The van der Waals surface area contributed by atoms with Crippen molar-refractivity contribution in [3.8, 4) is 0 Å². The Labute approximate surface area is 84.1 Å². The van der Waals surface area contributed by atoms with Gasteiger partial charge in [-0.1, -0.05) is 35.9 Å². The Morgan fingerprint density at radius 2 is 1.62 bits per heavy atom. The highest BCUT2D eigenvalue weighted by Gasteiger charge is 1.91. The van der Waals surface area contributed by atoms with E-state index in [0.29, 0.717) is 0 Å². The maximum absolute atomic E-state index is 9.83. The van der Waals surface area contributed by atoms with Crippen molar-refractivity contribution in [2.75, 3.05) is 14.1 Å². The molecule has 1 rings (SSSR count). The molecule has 2 nitrogen and oxygen atoms in total. The Bertz CT molecular complexity index is 246. The zero-order chi connectivity index (χ0) is 10.3. The Kier molecular flexibility index (Phi) is 5.98. The topological polar surface area (TPSA) is 20.3 Å². The van der Waals surface area contributed by atoms with Crippen molar-refractivity contribution in [3.63, 3.8) is 0 Å². The largest absolute Gasteiger partial charge is 0.335 e. The zero-order valence-corrected chi connectivity index (χ0v) is 8.88. The molecule has 0 saturated heterocycles. The SMILES string of the molecule is CN(C)C(=O)Cl.Cc1ccccc1. The number of benzene rings is 1. The van der Waals surface area contributed by atoms with Gasteiger partial charge in [0.05, 0.1) is 0 Å². The number of carbonyl (C=O) groups is 1. The molecule has 0 bridgehead atoms. The van der Waals surface area contributed by atoms with Gasteiger partial charge in [-0.2, -0.15) is 0 Å². The van der Waals surface area contributed by atoms with Gasteiger partial charge in [-0.25, -0.2) is 0 Å². The molecule has 0 spiro atoms. The molecule has 0 heterocycles. The Balaban J connectivity index is 0.000000226. The van der Waals surface area contributed by atoms with Gasteiger partial charge in [-0.05, 0) is 18.5 Å². The average Bonchev–Trinajstić information content (AvgIpc) is 2.06. The first-order valence-electron chi connectivity index (χ1n) is 3.92. The fourth-order valence-electron chi connectivity index (χ4n) is 0.534. The molecule has 0 fully saturated rings. The van der Waals surface area contributed by atoms with Crippen LogP contribution in [0.2, 0.25) is 0 Å². The summed E-state index contributed by atoms with van der Waals surface area (Å²) >= 11 is 4.90. The van der Waals surface area contributed by atoms with Gasteiger partial charge in [0, 0.05) is 14.1 Å². The number of carbonyl (C=O) groups excluding carboxylic acids is 1. The van der Waals surface area contributed by atoms with Gasteiger partial charge in [0.25, 0.3) is 0 Å². The van der Waals surface area contributed by atoms with Gasteiger partial charge in [0.2, 0.25) is 0 Å². The first kappa shape index (κ1) is 12.0. The lowest BCUT2D eigenvalue weighted by atomic mass is 10.2. The van der Waals surface area contributed by atoms with Crippen molar-refractivity contribution in [1.29, 1.82) is 0 Å². The summed E-state index contributed by atoms with van der Waals surface area (Å²) in [6, 6.07) is 10.3. The average molecular weight is 200 g/mol. The molecule has 1 aromatic rings. The number of halogens is 1. The van der Waals surface area contributed by atoms with Crippen molar-refractivity contribution in [2.45, 2.75) is 6.92 Å². The van der Waals surface area contributed by atoms with Crippen molar-refractivity contribution >= 4 is 17.0 Å². The monoisotopic (exact) mass is 199 g/mol. The van der Waals surface area contributed by atoms with Crippen LogP contribution in [0.1, 0.15) is 5.56 Å². The van der Waals surface area contributed by atoms with Gasteiger partial charge in [-0.3, -0.25) is 4.79 Å². The molecule has 3 heteroatoms. The second kappa shape index (κ2) is 6.49. The quantitative estimate of drug-likeness (QED) is 0.465. The summed E-state index contributed by atoms with van der Waals surface area (Å²) in [6.07, 6.45) is 0. The van der Waals surface area contributed by atoms with Crippen LogP contribution < -0.4 is 0 Å². The highest BCUT2D eigenvalue weighted by molar-refractivity contribution is 6.62. The maximum atomic E-state index is 9.83. The van der Waals surface area contributed by atoms with E-state index in [4.69, 9.17) is 11.6 Å². The fraction of sp³-hybridized carbons (Fsp3) is 0.300. The summed E-state index contributed by atoms with van der Waals surface area (Å²) in [5.41, 5.74) is 1.32. The molecule has 0 unspecified atom stereocenters. The summed E-state index contributed by atoms with van der Waals surface area (Å²) in [7, 11) is 3.19. The summed E-state index contributed by atoms with van der Waals surface area (Å²) in [6.45, 7) is 2.08. The van der Waals surface area contributed by atoms with Gasteiger partial charge < -0.3 is 4.90 Å². The van der Waals surface area contributed by atoms with Gasteiger partial charge >= 0.3 is 5.37 Å². The van der Waals surface area contributed by atoms with Crippen molar-refractivity contribution in [3.05, 3.63) is 35.9 Å². The third kappa shape index (κ3) is 7.34. The van der Waals surface area contributed by atoms with E-state index in [1.165, 1.54) is 10.5 Å². The molecule has 0 radical (unpaired) electrons. The van der Waals surface area contributed by atoms with Crippen LogP contribution in [0.3, 0.4) is 0 Å². The summed E-state index contributed by atoms with van der Waals surface area (Å²) in [4.78, 5) is 11.1. The van der Waals surface area contributed by atoms with Gasteiger partial charge in [0.15, 0.2) is 0 Å². The van der Waals surface area contributed by atoms with Crippen LogP contribution in [0.4, 0.5) is 4.79 Å². The molecule has 72 valence electrons. The zero-order valence-electron chi connectivity index (χ0n) is 8.12. The summed E-state index contributed by atoms with van der Waals surface area (Å²) in [5, 5.41) is -0.435. The standard InChI is InChI=1S/C7H8.C3H6ClNO/c1-7-5-3-2-4-6-7;1-5(2)3(4)6/h2-6H,1H3;1-2H3. The first-order chi connectivity index (χ1) is 6.04. The number of rotatable bonds is 0. The van der Waals surface area contributed by atoms with Gasteiger partial charge in [0.1, 0.15) is 0 Å². The van der Waals surface area contributed by atoms with E-state index in [2.05, 4.69) is 19.1 Å². The number of nitrogens with zero attached hydrogens (tertiary/aromatic N) is 1. The molecule has 1 amide bonds. The molecule has 1 aromatic carbocycles. The maximum Gasteiger partial charge on any atom is 0.315 e. The minimum absolute atomic E-state index is 0.435. The van der Waals surface area contributed by atoms with Crippen molar-refractivity contribution < 1.29 is 4.79 Å². The first-order valence-corrected chi connectivity index (χ1v) is 4.30. The van der Waals surface area contributed by atoms with Crippen LogP contribution in [0.25, 0.3) is 0 Å². The number of amides is 1. The molecule has 0 saturated carbocycles. The highest BCUT2D eigenvalue weighted by atomic mass is 35.5. The lowest BCUT2D eigenvalue weighted by Crippen LogP contribution is -2.13. The van der Waals surface area contributed by atoms with Crippen molar-refractivity contribution in [1.82, 2.24) is 4.90 Å². The second-order valence-corrected chi connectivity index (χ2v) is 3.13. The molecule has 0 aliphatic heterocycles. The predicted octanol–water partition coefficient (Wildman–Crippen LogP) is 2.90. The molecule has 0 N–H and O–H groups in total. The van der Waals surface area contributed by atoms with Crippen LogP contribution in [-0.2, 0) is 0 Å². The van der Waals surface area contributed by atoms with Crippen LogP contribution in [0.15, 0.2) is 30.3 Å². The van der Waals surface area contributed by atoms with E-state index >= 15 is 0 Å². The lowest BCUT2D eigenvalue weighted by molar-refractivity contribution is 0.240.